The molecule has 3 heterocycles. The van der Waals surface area contributed by atoms with Crippen LogP contribution in [0.2, 0.25) is 0 Å². The smallest absolute Gasteiger partial charge is 0.329 e. The third-order valence-electron chi connectivity index (χ3n) is 16.2. The Bertz CT molecular complexity index is 2030. The van der Waals surface area contributed by atoms with Crippen LogP contribution in [-0.2, 0) is 57.2 Å². The van der Waals surface area contributed by atoms with Gasteiger partial charge in [0.25, 0.3) is 11.7 Å². The number of carbonyl (C=O) groups is 6. The van der Waals surface area contributed by atoms with Crippen LogP contribution in [0, 0.1) is 40.9 Å². The molecule has 0 aromatic rings. The lowest BCUT2D eigenvalue weighted by atomic mass is 9.78. The van der Waals surface area contributed by atoms with Crippen molar-refractivity contribution in [3.63, 3.8) is 0 Å². The fourth-order valence-corrected chi connectivity index (χ4v) is 10.7. The van der Waals surface area contributed by atoms with E-state index in [1.165, 1.54) is 21.1 Å². The predicted octanol–water partition coefficient (Wildman–Crippen LogP) is 6.75. The molecule has 75 heavy (non-hydrogen) atoms. The number of amides is 1. The van der Waals surface area contributed by atoms with E-state index in [0.29, 0.717) is 76.2 Å². The van der Waals surface area contributed by atoms with Crippen LogP contribution in [0.1, 0.15) is 146 Å². The molecule has 17 heteroatoms. The zero-order valence-corrected chi connectivity index (χ0v) is 46.0. The van der Waals surface area contributed by atoms with E-state index in [-0.39, 0.29) is 50.2 Å². The Hall–Kier alpha value is -3.94. The zero-order valence-electron chi connectivity index (χ0n) is 46.0. The third-order valence-corrected chi connectivity index (χ3v) is 16.2. The molecular weight excluding hydrogens is 967 g/mol. The largest absolute Gasteiger partial charge is 0.460 e. The van der Waals surface area contributed by atoms with Crippen LogP contribution < -0.4 is 0 Å². The van der Waals surface area contributed by atoms with Gasteiger partial charge in [-0.2, -0.15) is 0 Å². The molecule has 15 atom stereocenters. The van der Waals surface area contributed by atoms with Gasteiger partial charge in [-0.3, -0.25) is 24.0 Å². The fourth-order valence-electron chi connectivity index (χ4n) is 10.7. The van der Waals surface area contributed by atoms with E-state index in [1.807, 2.05) is 51.2 Å². The van der Waals surface area contributed by atoms with Gasteiger partial charge in [-0.05, 0) is 120 Å². The third kappa shape index (κ3) is 17.3. The number of Topliss-reactive ketones (excluding diaryl/α,β-unsaturated/α-hetero) is 3. The van der Waals surface area contributed by atoms with Gasteiger partial charge >= 0.3 is 11.9 Å². The van der Waals surface area contributed by atoms with Crippen molar-refractivity contribution in [2.24, 2.45) is 40.9 Å². The molecule has 0 aromatic carbocycles. The molecule has 2 bridgehead atoms. The number of aliphatic hydroxyl groups is 4. The molecular formula is C58H93NO16. The Labute approximate surface area is 446 Å². The van der Waals surface area contributed by atoms with Gasteiger partial charge in [0.1, 0.15) is 41.7 Å². The van der Waals surface area contributed by atoms with Crippen molar-refractivity contribution in [3.8, 4) is 0 Å². The number of allylic oxidation sites excluding steroid dienone is 6. The normalized spacial score (nSPS) is 36.1. The van der Waals surface area contributed by atoms with Crippen molar-refractivity contribution in [1.82, 2.24) is 4.90 Å². The van der Waals surface area contributed by atoms with Crippen LogP contribution in [0.4, 0.5) is 0 Å². The molecule has 17 nitrogen and oxygen atoms in total. The number of aliphatic hydroxyl groups excluding tert-OH is 3. The molecule has 4 N–H and O–H groups in total. The van der Waals surface area contributed by atoms with Gasteiger partial charge in [-0.15, -0.1) is 0 Å². The SMILES string of the molecule is C.CO[C@H]1C[C@@H]2CC[C@@H](C)[C@@](O)(O2)C(=O)C(=O)N2CCCC[C@H]2C(=O)O[C@H]([C@H](C)C[C@@H]2CC[C@@H](OC(=O)C(C)(CO)CO)[C@H](OC)C2)CC(=O)[C@H](C)/C=C(\C)[C@@H](O)[C@@H](OC)C(=O)[C@H](C)CC[C@H](C)/C=C/C=C/C=C1C. The standard InChI is InChI=1S/C57H89NO16.CH4/c1-34-17-13-12-14-18-35(2)46(69-9)30-42-24-22-40(7)57(68,74-42)52(64)53(65)58-26-16-15-19-43(58)54(66)72-47(31-44(61)37(4)27-39(6)50(63)51(71-11)49(62)36(3)21-20-34)38(5)28-41-23-25-45(48(29-41)70-10)73-55(67)56(8,32-59)33-60;/h12-14,17-18,27,34,36-38,40-43,45-48,50-51,59-60,63,68H,15-16,19-26,28-33H2,1-11H3;1H4/b14-12+,17-13+,35-18?,39-27+;/t34-,36-,37-,38-,40-,41+,42+,43+,45-,46+,47+,48-,50-,51+,57-;/m1./s1. The van der Waals surface area contributed by atoms with Crippen LogP contribution in [0.15, 0.2) is 47.6 Å². The van der Waals surface area contributed by atoms with Gasteiger partial charge in [-0.25, -0.2) is 4.79 Å². The number of esters is 2. The van der Waals surface area contributed by atoms with Crippen molar-refractivity contribution in [1.29, 1.82) is 0 Å². The summed E-state index contributed by atoms with van der Waals surface area (Å²) in [5.74, 6) is -9.15. The first-order chi connectivity index (χ1) is 35.0. The lowest BCUT2D eigenvalue weighted by Gasteiger charge is -2.42. The van der Waals surface area contributed by atoms with Gasteiger partial charge in [-0.1, -0.05) is 78.5 Å². The van der Waals surface area contributed by atoms with E-state index < -0.39 is 120 Å². The number of methoxy groups -OCH3 is 3. The maximum absolute atomic E-state index is 14.6. The molecule has 0 aromatic heterocycles. The number of fused-ring (bicyclic) bond motifs is 3. The Balaban J connectivity index is 0.0000148. The van der Waals surface area contributed by atoms with E-state index in [9.17, 15) is 49.2 Å². The van der Waals surface area contributed by atoms with Gasteiger partial charge in [0.05, 0.1) is 31.5 Å². The summed E-state index contributed by atoms with van der Waals surface area (Å²) in [7, 11) is 4.44. The summed E-state index contributed by atoms with van der Waals surface area (Å²) in [5.41, 5.74) is -0.256. The second-order valence-corrected chi connectivity index (χ2v) is 22.2. The number of rotatable bonds is 10. The number of nitrogens with zero attached hydrogens (tertiary/aromatic N) is 1. The summed E-state index contributed by atoms with van der Waals surface area (Å²) in [6.45, 7) is 12.9. The number of carbonyl (C=O) groups excluding carboxylic acids is 6. The van der Waals surface area contributed by atoms with Crippen LogP contribution in [0.3, 0.4) is 0 Å². The highest BCUT2D eigenvalue weighted by Gasteiger charge is 2.53. The van der Waals surface area contributed by atoms with Crippen LogP contribution in [0.5, 0.6) is 0 Å². The number of hydrogen-bond acceptors (Lipinski definition) is 16. The minimum absolute atomic E-state index is 0. The van der Waals surface area contributed by atoms with Crippen molar-refractivity contribution >= 4 is 35.2 Å². The molecule has 0 radical (unpaired) electrons. The first-order valence-electron chi connectivity index (χ1n) is 26.9. The molecule has 3 aliphatic heterocycles. The van der Waals surface area contributed by atoms with Crippen LogP contribution in [-0.4, -0.2) is 156 Å². The molecule has 1 amide bonds. The summed E-state index contributed by atoms with van der Waals surface area (Å²) in [5, 5.41) is 43.1. The Morgan fingerprint density at radius 2 is 1.55 bits per heavy atom. The van der Waals surface area contributed by atoms with E-state index in [4.69, 9.17) is 28.4 Å². The van der Waals surface area contributed by atoms with Crippen molar-refractivity contribution in [3.05, 3.63) is 47.6 Å². The molecule has 3 fully saturated rings. The monoisotopic (exact) mass is 1060 g/mol. The molecule has 1 saturated carbocycles. The minimum atomic E-state index is -2.47. The van der Waals surface area contributed by atoms with Crippen LogP contribution >= 0.6 is 0 Å². The Morgan fingerprint density at radius 3 is 2.19 bits per heavy atom. The number of ether oxygens (including phenoxy) is 6. The molecule has 4 aliphatic rings. The first kappa shape index (κ1) is 65.3. The average Bonchev–Trinajstić information content (AvgIpc) is 3.39. The molecule has 4 rings (SSSR count). The van der Waals surface area contributed by atoms with Crippen molar-refractivity contribution < 1.29 is 77.6 Å². The van der Waals surface area contributed by atoms with Crippen molar-refractivity contribution in [2.45, 2.75) is 201 Å². The second-order valence-electron chi connectivity index (χ2n) is 22.2. The van der Waals surface area contributed by atoms with E-state index in [2.05, 4.69) is 6.92 Å². The maximum atomic E-state index is 14.6. The Morgan fingerprint density at radius 1 is 0.853 bits per heavy atom. The lowest BCUT2D eigenvalue weighted by molar-refractivity contribution is -0.265. The van der Waals surface area contributed by atoms with Gasteiger partial charge < -0.3 is 53.7 Å². The number of cyclic esters (lactones) is 1. The number of hydrogen-bond donors (Lipinski definition) is 4. The van der Waals surface area contributed by atoms with Gasteiger partial charge in [0, 0.05) is 58.5 Å². The number of ketones is 3. The summed E-state index contributed by atoms with van der Waals surface area (Å²) >= 11 is 0. The highest BCUT2D eigenvalue weighted by molar-refractivity contribution is 6.39. The maximum Gasteiger partial charge on any atom is 0.329 e. The van der Waals surface area contributed by atoms with Gasteiger partial charge in [0.2, 0.25) is 5.79 Å². The molecule has 426 valence electrons. The summed E-state index contributed by atoms with van der Waals surface area (Å²) in [6.07, 6.45) is 10.8. The molecule has 1 aliphatic carbocycles. The van der Waals surface area contributed by atoms with Crippen molar-refractivity contribution in [2.75, 3.05) is 41.1 Å². The molecule has 2 saturated heterocycles. The topological polar surface area (TPSA) is 242 Å². The molecule has 0 unspecified atom stereocenters. The number of piperidine rings is 1. The van der Waals surface area contributed by atoms with E-state index in [0.717, 1.165) is 10.5 Å². The summed E-state index contributed by atoms with van der Waals surface area (Å²) in [6, 6.07) is -1.20. The van der Waals surface area contributed by atoms with E-state index in [1.54, 1.807) is 34.0 Å². The highest BCUT2D eigenvalue weighted by atomic mass is 16.6. The first-order valence-corrected chi connectivity index (χ1v) is 26.9. The predicted molar refractivity (Wildman–Crippen MR) is 283 cm³/mol. The van der Waals surface area contributed by atoms with Crippen LogP contribution in [0.25, 0.3) is 0 Å². The lowest BCUT2D eigenvalue weighted by Crippen LogP contribution is -2.61. The zero-order chi connectivity index (χ0) is 55.1. The fraction of sp³-hybridized carbons (Fsp3) is 0.759. The Kier molecular flexibility index (Phi) is 26.4. The molecule has 0 spiro atoms. The quantitative estimate of drug-likeness (QED) is 0.100. The average molecular weight is 1060 g/mol. The van der Waals surface area contributed by atoms with Gasteiger partial charge in [0.15, 0.2) is 5.78 Å². The second kappa shape index (κ2) is 30.3. The minimum Gasteiger partial charge on any atom is -0.460 e. The highest BCUT2D eigenvalue weighted by Crippen LogP contribution is 2.38. The summed E-state index contributed by atoms with van der Waals surface area (Å²) in [4.78, 5) is 85.4. The summed E-state index contributed by atoms with van der Waals surface area (Å²) < 4.78 is 35.5. The van der Waals surface area contributed by atoms with E-state index >= 15 is 0 Å².